The molecule has 0 spiro atoms. The first-order valence-corrected chi connectivity index (χ1v) is 3.71. The zero-order valence-corrected chi connectivity index (χ0v) is 6.70. The molecule has 0 saturated carbocycles. The lowest BCUT2D eigenvalue weighted by atomic mass is 10.5. The number of hydrogen-bond acceptors (Lipinski definition) is 5. The fourth-order valence-electron chi connectivity index (χ4n) is 0.876. The zero-order chi connectivity index (χ0) is 9.10. The average molecular weight is 177 g/mol. The van der Waals surface area contributed by atoms with Crippen LogP contribution in [-0.2, 0) is 6.61 Å². The Hall–Kier alpha value is -1.82. The maximum atomic E-state index is 8.70. The first kappa shape index (κ1) is 7.81. The average Bonchev–Trinajstić information content (AvgIpc) is 2.67. The van der Waals surface area contributed by atoms with E-state index in [0.29, 0.717) is 5.82 Å². The molecule has 13 heavy (non-hydrogen) atoms. The van der Waals surface area contributed by atoms with Crippen molar-refractivity contribution in [1.82, 2.24) is 25.2 Å². The molecule has 1 N–H and O–H groups in total. The molecule has 0 aromatic carbocycles. The van der Waals surface area contributed by atoms with Gasteiger partial charge in [0.05, 0.1) is 0 Å². The van der Waals surface area contributed by atoms with Crippen molar-refractivity contribution in [3.05, 3.63) is 30.2 Å². The fourth-order valence-corrected chi connectivity index (χ4v) is 0.876. The van der Waals surface area contributed by atoms with Gasteiger partial charge in [0.2, 0.25) is 5.82 Å². The lowest BCUT2D eigenvalue weighted by Crippen LogP contribution is -2.01. The minimum atomic E-state index is -0.215. The third-order valence-corrected chi connectivity index (χ3v) is 1.45. The van der Waals surface area contributed by atoms with Crippen LogP contribution in [0, 0.1) is 0 Å². The molecule has 2 rings (SSSR count). The number of aliphatic hydroxyl groups is 1. The van der Waals surface area contributed by atoms with Gasteiger partial charge in [0, 0.05) is 6.20 Å². The van der Waals surface area contributed by atoms with Crippen LogP contribution in [0.5, 0.6) is 0 Å². The first-order valence-electron chi connectivity index (χ1n) is 3.71. The molecule has 0 unspecified atom stereocenters. The highest BCUT2D eigenvalue weighted by Gasteiger charge is 2.02. The van der Waals surface area contributed by atoms with E-state index in [1.54, 1.807) is 18.3 Å². The van der Waals surface area contributed by atoms with Gasteiger partial charge in [-0.1, -0.05) is 6.07 Å². The summed E-state index contributed by atoms with van der Waals surface area (Å²) in [6, 6.07) is 5.38. The Bertz CT molecular complexity index is 385. The van der Waals surface area contributed by atoms with Crippen LogP contribution in [-0.4, -0.2) is 30.3 Å². The molecule has 6 nitrogen and oxygen atoms in total. The van der Waals surface area contributed by atoms with Crippen molar-refractivity contribution in [2.24, 2.45) is 0 Å². The molecular weight excluding hydrogens is 170 g/mol. The van der Waals surface area contributed by atoms with Gasteiger partial charge in [-0.2, -0.15) is 0 Å². The molecule has 66 valence electrons. The van der Waals surface area contributed by atoms with Crippen molar-refractivity contribution in [1.29, 1.82) is 0 Å². The molecule has 0 fully saturated rings. The van der Waals surface area contributed by atoms with E-state index in [-0.39, 0.29) is 12.4 Å². The van der Waals surface area contributed by atoms with Crippen molar-refractivity contribution in [2.75, 3.05) is 0 Å². The third kappa shape index (κ3) is 1.52. The van der Waals surface area contributed by atoms with Crippen LogP contribution >= 0.6 is 0 Å². The van der Waals surface area contributed by atoms with Gasteiger partial charge in [0.1, 0.15) is 6.61 Å². The maximum Gasteiger partial charge on any atom is 0.200 e. The normalized spacial score (nSPS) is 10.2. The molecule has 2 aromatic heterocycles. The van der Waals surface area contributed by atoms with Crippen molar-refractivity contribution in [3.8, 4) is 5.82 Å². The summed E-state index contributed by atoms with van der Waals surface area (Å²) in [6.07, 6.45) is 1.64. The number of aromatic nitrogens is 5. The second kappa shape index (κ2) is 3.28. The van der Waals surface area contributed by atoms with Crippen LogP contribution in [0.15, 0.2) is 24.4 Å². The number of tetrazole rings is 1. The van der Waals surface area contributed by atoms with Crippen LogP contribution in [0.3, 0.4) is 0 Å². The van der Waals surface area contributed by atoms with Gasteiger partial charge < -0.3 is 5.11 Å². The summed E-state index contributed by atoms with van der Waals surface area (Å²) in [5.41, 5.74) is 0. The smallest absolute Gasteiger partial charge is 0.200 e. The summed E-state index contributed by atoms with van der Waals surface area (Å²) in [5, 5.41) is 19.9. The molecule has 2 aromatic rings. The molecule has 0 radical (unpaired) electrons. The Balaban J connectivity index is 2.36. The molecule has 0 aliphatic heterocycles. The lowest BCUT2D eigenvalue weighted by molar-refractivity contribution is 0.271. The van der Waals surface area contributed by atoms with Gasteiger partial charge in [0.25, 0.3) is 0 Å². The molecule has 0 amide bonds. The van der Waals surface area contributed by atoms with Crippen LogP contribution in [0.4, 0.5) is 0 Å². The van der Waals surface area contributed by atoms with Gasteiger partial charge in [-0.3, -0.25) is 0 Å². The van der Waals surface area contributed by atoms with E-state index in [4.69, 9.17) is 5.11 Å². The van der Waals surface area contributed by atoms with Crippen molar-refractivity contribution in [2.45, 2.75) is 6.61 Å². The molecule has 0 aliphatic rings. The van der Waals surface area contributed by atoms with E-state index in [2.05, 4.69) is 20.4 Å². The number of aliphatic hydroxyl groups excluding tert-OH is 1. The van der Waals surface area contributed by atoms with E-state index >= 15 is 0 Å². The lowest BCUT2D eigenvalue weighted by Gasteiger charge is -1.93. The fraction of sp³-hybridized carbons (Fsp3) is 0.143. The van der Waals surface area contributed by atoms with Gasteiger partial charge in [-0.05, 0) is 17.3 Å². The predicted molar refractivity (Wildman–Crippen MR) is 42.9 cm³/mol. The predicted octanol–water partition coefficient (Wildman–Crippen LogP) is -0.450. The second-order valence-electron chi connectivity index (χ2n) is 2.34. The third-order valence-electron chi connectivity index (χ3n) is 1.45. The molecule has 0 atom stereocenters. The quantitative estimate of drug-likeness (QED) is 0.672. The van der Waals surface area contributed by atoms with Gasteiger partial charge >= 0.3 is 0 Å². The van der Waals surface area contributed by atoms with Crippen molar-refractivity contribution < 1.29 is 5.11 Å². The van der Waals surface area contributed by atoms with Crippen LogP contribution in [0.2, 0.25) is 0 Å². The van der Waals surface area contributed by atoms with Crippen LogP contribution in [0.25, 0.3) is 5.82 Å². The molecule has 0 saturated heterocycles. The standard InChI is InChI=1S/C7H7N5O/c13-5-6-9-11-12(10-6)7-3-1-2-4-8-7/h1-4,13H,5H2. The maximum absolute atomic E-state index is 8.70. The summed E-state index contributed by atoms with van der Waals surface area (Å²) < 4.78 is 0. The second-order valence-corrected chi connectivity index (χ2v) is 2.34. The van der Waals surface area contributed by atoms with Gasteiger partial charge in [0.15, 0.2) is 5.82 Å². The van der Waals surface area contributed by atoms with Crippen LogP contribution in [0.1, 0.15) is 5.82 Å². The summed E-state index contributed by atoms with van der Waals surface area (Å²) >= 11 is 0. The van der Waals surface area contributed by atoms with Gasteiger partial charge in [-0.25, -0.2) is 4.98 Å². The van der Waals surface area contributed by atoms with E-state index < -0.39 is 0 Å². The van der Waals surface area contributed by atoms with E-state index in [1.807, 2.05) is 6.07 Å². The first-order chi connectivity index (χ1) is 6.40. The Kier molecular flexibility index (Phi) is 1.97. The SMILES string of the molecule is OCc1nnn(-c2ccccn2)n1. The number of nitrogens with zero attached hydrogens (tertiary/aromatic N) is 5. The Morgan fingerprint density at radius 1 is 1.38 bits per heavy atom. The largest absolute Gasteiger partial charge is 0.388 e. The van der Waals surface area contributed by atoms with Crippen LogP contribution < -0.4 is 0 Å². The summed E-state index contributed by atoms with van der Waals surface area (Å²) in [4.78, 5) is 5.28. The molecule has 2 heterocycles. The highest BCUT2D eigenvalue weighted by atomic mass is 16.3. The highest BCUT2D eigenvalue weighted by molar-refractivity contribution is 5.16. The number of hydrogen-bond donors (Lipinski definition) is 1. The molecular formula is C7H7N5O. The summed E-state index contributed by atoms with van der Waals surface area (Å²) in [5.74, 6) is 0.861. The topological polar surface area (TPSA) is 76.7 Å². The molecule has 6 heteroatoms. The Morgan fingerprint density at radius 2 is 2.31 bits per heavy atom. The molecule has 0 aliphatic carbocycles. The zero-order valence-electron chi connectivity index (χ0n) is 6.70. The summed E-state index contributed by atoms with van der Waals surface area (Å²) in [6.45, 7) is -0.215. The monoisotopic (exact) mass is 177 g/mol. The Labute approximate surface area is 73.9 Å². The number of rotatable bonds is 2. The Morgan fingerprint density at radius 3 is 2.92 bits per heavy atom. The van der Waals surface area contributed by atoms with E-state index in [9.17, 15) is 0 Å². The number of pyridine rings is 1. The minimum absolute atomic E-state index is 0.215. The van der Waals surface area contributed by atoms with Crippen molar-refractivity contribution in [3.63, 3.8) is 0 Å². The van der Waals surface area contributed by atoms with Crippen molar-refractivity contribution >= 4 is 0 Å². The summed E-state index contributed by atoms with van der Waals surface area (Å²) in [7, 11) is 0. The van der Waals surface area contributed by atoms with E-state index in [0.717, 1.165) is 0 Å². The minimum Gasteiger partial charge on any atom is -0.388 e. The van der Waals surface area contributed by atoms with Gasteiger partial charge in [-0.15, -0.1) is 15.0 Å². The van der Waals surface area contributed by atoms with E-state index in [1.165, 1.54) is 4.80 Å². The highest BCUT2D eigenvalue weighted by Crippen LogP contribution is 1.97. The molecule has 0 bridgehead atoms.